The van der Waals surface area contributed by atoms with Crippen molar-refractivity contribution in [3.8, 4) is 0 Å². The molecule has 3 atom stereocenters. The van der Waals surface area contributed by atoms with E-state index in [4.69, 9.17) is 11.6 Å². The van der Waals surface area contributed by atoms with Crippen LogP contribution in [0.3, 0.4) is 0 Å². The van der Waals surface area contributed by atoms with Gasteiger partial charge in [0.1, 0.15) is 6.04 Å². The van der Waals surface area contributed by atoms with E-state index in [2.05, 4.69) is 16.4 Å². The quantitative estimate of drug-likeness (QED) is 0.660. The molecule has 1 aromatic carbocycles. The summed E-state index contributed by atoms with van der Waals surface area (Å²) in [7, 11) is -3.62. The van der Waals surface area contributed by atoms with Crippen LogP contribution in [0.1, 0.15) is 12.8 Å². The number of piperazine rings is 1. The van der Waals surface area contributed by atoms with E-state index in [1.807, 2.05) is 0 Å². The Balaban J connectivity index is 1.55. The first-order chi connectivity index (χ1) is 12.0. The summed E-state index contributed by atoms with van der Waals surface area (Å²) >= 11 is 5.96. The van der Waals surface area contributed by atoms with Gasteiger partial charge in [-0.15, -0.1) is 0 Å². The fourth-order valence-corrected chi connectivity index (χ4v) is 6.05. The maximum absolute atomic E-state index is 13.1. The zero-order valence-electron chi connectivity index (χ0n) is 13.5. The van der Waals surface area contributed by atoms with E-state index >= 15 is 0 Å². The van der Waals surface area contributed by atoms with Gasteiger partial charge < -0.3 is 4.90 Å². The molecule has 3 unspecified atom stereocenters. The van der Waals surface area contributed by atoms with Crippen molar-refractivity contribution in [2.45, 2.75) is 35.9 Å². The van der Waals surface area contributed by atoms with E-state index in [0.29, 0.717) is 24.7 Å². The third-order valence-corrected chi connectivity index (χ3v) is 7.27. The normalized spacial score (nSPS) is 30.0. The number of fused-ring (bicyclic) bond motifs is 2. The van der Waals surface area contributed by atoms with Crippen LogP contribution < -0.4 is 16.4 Å². The molecule has 3 heterocycles. The fourth-order valence-electron chi connectivity index (χ4n) is 3.90. The lowest BCUT2D eigenvalue weighted by molar-refractivity contribution is -0.135. The number of halogens is 1. The molecule has 8 nitrogen and oxygen atoms in total. The highest BCUT2D eigenvalue weighted by Gasteiger charge is 2.48. The van der Waals surface area contributed by atoms with Gasteiger partial charge in [0.25, 0.3) is 0 Å². The van der Waals surface area contributed by atoms with E-state index < -0.39 is 10.0 Å². The number of nitrogens with zero attached hydrogens (tertiary/aromatic N) is 2. The number of hydrogen-bond acceptors (Lipinski definition) is 6. The fraction of sp³-hybridized carbons (Fsp3) is 0.533. The van der Waals surface area contributed by atoms with Gasteiger partial charge in [-0.3, -0.25) is 4.79 Å². The van der Waals surface area contributed by atoms with Crippen LogP contribution >= 0.6 is 11.6 Å². The molecule has 10 heteroatoms. The predicted octanol–water partition coefficient (Wildman–Crippen LogP) is -0.315. The van der Waals surface area contributed by atoms with Crippen LogP contribution in [0.25, 0.3) is 0 Å². The van der Waals surface area contributed by atoms with Crippen molar-refractivity contribution in [1.29, 1.82) is 0 Å². The lowest BCUT2D eigenvalue weighted by Crippen LogP contribution is -2.59. The molecule has 3 fully saturated rings. The number of carbonyl (C=O) groups excluding carboxylic acids is 1. The number of rotatable bonds is 3. The van der Waals surface area contributed by atoms with Crippen LogP contribution in [0.5, 0.6) is 0 Å². The molecule has 0 saturated carbocycles. The van der Waals surface area contributed by atoms with Gasteiger partial charge in [0.2, 0.25) is 15.9 Å². The lowest BCUT2D eigenvalue weighted by atomic mass is 10.2. The SMILES string of the molecule is O=C(C1CNNN1)N1CC2CCC(C1)N2S(=O)(=O)c1cccc(Cl)c1. The van der Waals surface area contributed by atoms with Gasteiger partial charge >= 0.3 is 0 Å². The average Bonchev–Trinajstić information content (AvgIpc) is 3.21. The molecule has 3 aliphatic heterocycles. The van der Waals surface area contributed by atoms with Gasteiger partial charge in [-0.25, -0.2) is 19.3 Å². The van der Waals surface area contributed by atoms with E-state index in [1.54, 1.807) is 27.4 Å². The molecular formula is C15H20ClN5O3S. The Labute approximate surface area is 151 Å². The Hall–Kier alpha value is -1.23. The average molecular weight is 386 g/mol. The highest BCUT2D eigenvalue weighted by Crippen LogP contribution is 2.36. The molecule has 2 bridgehead atoms. The molecule has 3 saturated heterocycles. The molecule has 0 spiro atoms. The third-order valence-electron chi connectivity index (χ3n) is 5.04. The van der Waals surface area contributed by atoms with Crippen molar-refractivity contribution < 1.29 is 13.2 Å². The minimum atomic E-state index is -3.62. The molecule has 136 valence electrons. The summed E-state index contributed by atoms with van der Waals surface area (Å²) in [6.07, 6.45) is 1.53. The van der Waals surface area contributed by atoms with Crippen molar-refractivity contribution in [3.05, 3.63) is 29.3 Å². The second-order valence-electron chi connectivity index (χ2n) is 6.62. The first-order valence-electron chi connectivity index (χ1n) is 8.28. The summed E-state index contributed by atoms with van der Waals surface area (Å²) in [6.45, 7) is 1.36. The van der Waals surface area contributed by atoms with Gasteiger partial charge in [-0.05, 0) is 31.0 Å². The largest absolute Gasteiger partial charge is 0.338 e. The van der Waals surface area contributed by atoms with Gasteiger partial charge in [-0.2, -0.15) is 9.84 Å². The van der Waals surface area contributed by atoms with Crippen LogP contribution in [0.2, 0.25) is 5.02 Å². The predicted molar refractivity (Wildman–Crippen MR) is 91.9 cm³/mol. The van der Waals surface area contributed by atoms with Crippen LogP contribution in [0.15, 0.2) is 29.2 Å². The van der Waals surface area contributed by atoms with Crippen LogP contribution in [-0.4, -0.2) is 61.3 Å². The summed E-state index contributed by atoms with van der Waals surface area (Å²) in [5.41, 5.74) is 8.47. The Morgan fingerprint density at radius 3 is 2.52 bits per heavy atom. The third kappa shape index (κ3) is 3.05. The zero-order valence-corrected chi connectivity index (χ0v) is 15.1. The van der Waals surface area contributed by atoms with Gasteiger partial charge in [0.15, 0.2) is 0 Å². The summed E-state index contributed by atoms with van der Waals surface area (Å²) in [5.74, 6) is -0.00537. The molecule has 4 rings (SSSR count). The van der Waals surface area contributed by atoms with Crippen LogP contribution in [0.4, 0.5) is 0 Å². The zero-order chi connectivity index (χ0) is 17.6. The minimum Gasteiger partial charge on any atom is -0.338 e. The summed E-state index contributed by atoms with van der Waals surface area (Å²) in [5, 5.41) is 0.398. The molecule has 1 aromatic rings. The molecule has 0 aromatic heterocycles. The van der Waals surface area contributed by atoms with Crippen molar-refractivity contribution in [2.24, 2.45) is 0 Å². The lowest BCUT2D eigenvalue weighted by Gasteiger charge is -2.40. The van der Waals surface area contributed by atoms with Gasteiger partial charge in [0, 0.05) is 36.7 Å². The monoisotopic (exact) mass is 385 g/mol. The van der Waals surface area contributed by atoms with Crippen LogP contribution in [0, 0.1) is 0 Å². The Bertz CT molecular complexity index is 769. The molecule has 25 heavy (non-hydrogen) atoms. The molecule has 3 N–H and O–H groups in total. The van der Waals surface area contributed by atoms with E-state index in [-0.39, 0.29) is 28.9 Å². The highest BCUT2D eigenvalue weighted by molar-refractivity contribution is 7.89. The maximum atomic E-state index is 13.1. The van der Waals surface area contributed by atoms with Crippen molar-refractivity contribution in [2.75, 3.05) is 19.6 Å². The number of nitrogens with one attached hydrogen (secondary N) is 3. The van der Waals surface area contributed by atoms with Crippen molar-refractivity contribution in [1.82, 2.24) is 25.6 Å². The number of likely N-dealkylation sites (tertiary alicyclic amines) is 1. The van der Waals surface area contributed by atoms with Crippen molar-refractivity contribution in [3.63, 3.8) is 0 Å². The summed E-state index contributed by atoms with van der Waals surface area (Å²) in [6, 6.07) is 5.65. The van der Waals surface area contributed by atoms with Crippen molar-refractivity contribution >= 4 is 27.5 Å². The number of benzene rings is 1. The van der Waals surface area contributed by atoms with E-state index in [1.165, 1.54) is 6.07 Å². The number of hydrazine groups is 2. The maximum Gasteiger partial charge on any atom is 0.243 e. The molecule has 0 aliphatic carbocycles. The number of amides is 1. The first-order valence-corrected chi connectivity index (χ1v) is 10.1. The van der Waals surface area contributed by atoms with E-state index in [9.17, 15) is 13.2 Å². The highest BCUT2D eigenvalue weighted by atomic mass is 35.5. The van der Waals surface area contributed by atoms with Gasteiger partial charge in [-0.1, -0.05) is 17.7 Å². The molecule has 1 amide bonds. The summed E-state index contributed by atoms with van der Waals surface area (Å²) < 4.78 is 27.7. The Morgan fingerprint density at radius 1 is 1.20 bits per heavy atom. The number of hydrogen-bond donors (Lipinski definition) is 3. The molecule has 3 aliphatic rings. The number of carbonyl (C=O) groups is 1. The first kappa shape index (κ1) is 17.2. The Morgan fingerprint density at radius 2 is 1.92 bits per heavy atom. The molecular weight excluding hydrogens is 366 g/mol. The summed E-state index contributed by atoms with van der Waals surface area (Å²) in [4.78, 5) is 14.6. The van der Waals surface area contributed by atoms with E-state index in [0.717, 1.165) is 12.8 Å². The number of sulfonamides is 1. The topological polar surface area (TPSA) is 93.8 Å². The molecule has 0 radical (unpaired) electrons. The second kappa shape index (κ2) is 6.49. The smallest absolute Gasteiger partial charge is 0.243 e. The Kier molecular flexibility index (Phi) is 4.47. The van der Waals surface area contributed by atoms with Gasteiger partial charge in [0.05, 0.1) is 4.90 Å². The standard InChI is InChI=1S/C15H20ClN5O3S/c16-10-2-1-3-13(6-10)25(23,24)21-11-4-5-12(21)9-20(8-11)15(22)14-7-17-19-18-14/h1-3,6,11-12,14,17-19H,4-5,7-9H2. The minimum absolute atomic E-state index is 0.00537. The second-order valence-corrected chi connectivity index (χ2v) is 8.90. The van der Waals surface area contributed by atoms with Crippen LogP contribution in [-0.2, 0) is 14.8 Å².